The summed E-state index contributed by atoms with van der Waals surface area (Å²) >= 11 is 0. The summed E-state index contributed by atoms with van der Waals surface area (Å²) in [6.07, 6.45) is -2.24. The minimum atomic E-state index is -1.25. The summed E-state index contributed by atoms with van der Waals surface area (Å²) in [6.45, 7) is 10.1. The van der Waals surface area contributed by atoms with E-state index in [4.69, 9.17) is 14.2 Å². The second-order valence-corrected chi connectivity index (χ2v) is 14.5. The number of fused-ring (bicyclic) bond motifs is 3. The fourth-order valence-corrected chi connectivity index (χ4v) is 6.61. The Labute approximate surface area is 279 Å². The number of nitrogens with one attached hydrogen (secondary N) is 2. The Kier molecular flexibility index (Phi) is 9.61. The Bertz CT molecular complexity index is 1530. The number of carboxylic acid groups (broad SMARTS) is 1. The molecule has 0 spiro atoms. The number of carboxylic acids is 1. The predicted molar refractivity (Wildman–Crippen MR) is 174 cm³/mol. The number of hydrogen-bond acceptors (Lipinski definition) is 8. The molecule has 1 aliphatic carbocycles. The van der Waals surface area contributed by atoms with Crippen molar-refractivity contribution in [3.05, 3.63) is 59.7 Å². The molecule has 2 saturated heterocycles. The van der Waals surface area contributed by atoms with Gasteiger partial charge in [0, 0.05) is 25.4 Å². The number of rotatable bonds is 6. The molecule has 2 heterocycles. The number of hydrogen-bond donors (Lipinski definition) is 3. The number of carbonyl (C=O) groups excluding carboxylic acids is 4. The summed E-state index contributed by atoms with van der Waals surface area (Å²) in [5.41, 5.74) is 2.63. The van der Waals surface area contributed by atoms with Crippen LogP contribution < -0.4 is 10.6 Å². The Morgan fingerprint density at radius 2 is 1.19 bits per heavy atom. The molecule has 48 heavy (non-hydrogen) atoms. The van der Waals surface area contributed by atoms with Gasteiger partial charge in [-0.25, -0.2) is 19.2 Å². The largest absolute Gasteiger partial charge is 0.480 e. The second kappa shape index (κ2) is 13.4. The van der Waals surface area contributed by atoms with E-state index >= 15 is 0 Å². The van der Waals surface area contributed by atoms with Crippen molar-refractivity contribution in [1.29, 1.82) is 0 Å². The zero-order valence-corrected chi connectivity index (χ0v) is 28.1. The van der Waals surface area contributed by atoms with Crippen LogP contribution in [0.25, 0.3) is 11.1 Å². The van der Waals surface area contributed by atoms with Gasteiger partial charge in [-0.1, -0.05) is 48.5 Å². The van der Waals surface area contributed by atoms with E-state index < -0.39 is 65.5 Å². The fourth-order valence-electron chi connectivity index (χ4n) is 6.61. The molecule has 258 valence electrons. The van der Waals surface area contributed by atoms with Crippen LogP contribution in [0.2, 0.25) is 0 Å². The molecule has 2 aromatic carbocycles. The number of amides is 4. The van der Waals surface area contributed by atoms with Crippen LogP contribution in [0.5, 0.6) is 0 Å². The van der Waals surface area contributed by atoms with Crippen molar-refractivity contribution in [2.75, 3.05) is 19.7 Å². The Balaban J connectivity index is 1.34. The first-order valence-electron chi connectivity index (χ1n) is 16.1. The van der Waals surface area contributed by atoms with E-state index in [0.29, 0.717) is 0 Å². The van der Waals surface area contributed by atoms with E-state index in [1.165, 1.54) is 4.90 Å². The fraction of sp³-hybridized carbons (Fsp3) is 0.514. The molecule has 0 radical (unpaired) electrons. The van der Waals surface area contributed by atoms with Crippen molar-refractivity contribution in [3.63, 3.8) is 0 Å². The smallest absolute Gasteiger partial charge is 0.410 e. The first kappa shape index (κ1) is 34.5. The topological polar surface area (TPSA) is 164 Å². The van der Waals surface area contributed by atoms with Gasteiger partial charge >= 0.3 is 24.2 Å². The SMILES string of the molecule is CC(C)(C)OC(=O)NC1CC(C(=O)N2CC(NC(=O)OC(C)(C)C)CC2C(=O)O)N(C(=O)OCC2c3ccccc3-c3ccccc32)C1. The zero-order chi connectivity index (χ0) is 35.0. The van der Waals surface area contributed by atoms with Crippen LogP contribution in [0.3, 0.4) is 0 Å². The first-order chi connectivity index (χ1) is 22.5. The van der Waals surface area contributed by atoms with Gasteiger partial charge in [-0.15, -0.1) is 0 Å². The Hall–Kier alpha value is -4.81. The summed E-state index contributed by atoms with van der Waals surface area (Å²) in [5.74, 6) is -2.09. The average molecular weight is 665 g/mol. The highest BCUT2D eigenvalue weighted by molar-refractivity contribution is 5.91. The monoisotopic (exact) mass is 664 g/mol. The maximum absolute atomic E-state index is 14.1. The van der Waals surface area contributed by atoms with Gasteiger partial charge in [-0.3, -0.25) is 9.69 Å². The van der Waals surface area contributed by atoms with E-state index in [-0.39, 0.29) is 38.5 Å². The molecular weight excluding hydrogens is 620 g/mol. The minimum absolute atomic E-state index is 0.00920. The third-order valence-electron chi connectivity index (χ3n) is 8.47. The Morgan fingerprint density at radius 1 is 0.729 bits per heavy atom. The van der Waals surface area contributed by atoms with E-state index in [1.54, 1.807) is 41.5 Å². The first-order valence-corrected chi connectivity index (χ1v) is 16.1. The molecule has 4 amide bonds. The summed E-state index contributed by atoms with van der Waals surface area (Å²) in [7, 11) is 0. The predicted octanol–water partition coefficient (Wildman–Crippen LogP) is 4.48. The molecule has 2 aromatic rings. The molecule has 3 N–H and O–H groups in total. The molecule has 3 aliphatic rings. The zero-order valence-electron chi connectivity index (χ0n) is 28.1. The van der Waals surface area contributed by atoms with Crippen molar-refractivity contribution >= 4 is 30.2 Å². The van der Waals surface area contributed by atoms with Gasteiger partial charge in [0.1, 0.15) is 29.9 Å². The lowest BCUT2D eigenvalue weighted by Gasteiger charge is -2.29. The summed E-state index contributed by atoms with van der Waals surface area (Å²) in [4.78, 5) is 67.7. The highest BCUT2D eigenvalue weighted by Crippen LogP contribution is 2.44. The van der Waals surface area contributed by atoms with E-state index in [1.807, 2.05) is 48.5 Å². The molecule has 0 bridgehead atoms. The van der Waals surface area contributed by atoms with Crippen LogP contribution in [0.4, 0.5) is 14.4 Å². The molecule has 2 aliphatic heterocycles. The highest BCUT2D eigenvalue weighted by atomic mass is 16.6. The number of likely N-dealkylation sites (tertiary alicyclic amines) is 2. The van der Waals surface area contributed by atoms with Crippen LogP contribution in [-0.4, -0.2) is 100 Å². The van der Waals surface area contributed by atoms with Crippen LogP contribution >= 0.6 is 0 Å². The van der Waals surface area contributed by atoms with Crippen molar-refractivity contribution in [1.82, 2.24) is 20.4 Å². The number of ether oxygens (including phenoxy) is 3. The van der Waals surface area contributed by atoms with Gasteiger partial charge in [0.2, 0.25) is 5.91 Å². The average Bonchev–Trinajstić information content (AvgIpc) is 3.68. The van der Waals surface area contributed by atoms with Gasteiger partial charge in [0.15, 0.2) is 0 Å². The molecule has 13 heteroatoms. The molecule has 0 saturated carbocycles. The lowest BCUT2D eigenvalue weighted by Crippen LogP contribution is -2.51. The van der Waals surface area contributed by atoms with E-state index in [9.17, 15) is 29.1 Å². The molecule has 13 nitrogen and oxygen atoms in total. The summed E-state index contributed by atoms with van der Waals surface area (Å²) < 4.78 is 16.6. The number of carbonyl (C=O) groups is 5. The normalized spacial score (nSPS) is 22.0. The molecule has 5 rings (SSSR count). The maximum atomic E-state index is 14.1. The van der Waals surface area contributed by atoms with Gasteiger partial charge in [0.05, 0.1) is 12.1 Å². The van der Waals surface area contributed by atoms with Crippen LogP contribution in [0, 0.1) is 0 Å². The molecule has 0 aromatic heterocycles. The molecule has 4 unspecified atom stereocenters. The third kappa shape index (κ3) is 7.83. The second-order valence-electron chi connectivity index (χ2n) is 14.5. The lowest BCUT2D eigenvalue weighted by atomic mass is 9.98. The van der Waals surface area contributed by atoms with Gasteiger partial charge in [-0.2, -0.15) is 0 Å². The van der Waals surface area contributed by atoms with Gasteiger partial charge in [0.25, 0.3) is 0 Å². The van der Waals surface area contributed by atoms with Gasteiger partial charge < -0.3 is 34.9 Å². The van der Waals surface area contributed by atoms with E-state index in [2.05, 4.69) is 10.6 Å². The maximum Gasteiger partial charge on any atom is 0.410 e. The number of alkyl carbamates (subject to hydrolysis) is 2. The quantitative estimate of drug-likeness (QED) is 0.378. The standard InChI is InChI=1S/C35H44N4O9/c1-34(2,3)47-31(43)36-20-15-27(29(40)38-17-21(16-28(38)30(41)42)37-32(44)48-35(4,5)6)39(18-20)33(45)46-19-26-24-13-9-7-11-22(24)23-12-8-10-14-25(23)26/h7-14,20-21,26-28H,15-19H2,1-6H3,(H,36,43)(H,37,44)(H,41,42). The third-order valence-corrected chi connectivity index (χ3v) is 8.47. The lowest BCUT2D eigenvalue weighted by molar-refractivity contribution is -0.149. The number of nitrogens with zero attached hydrogens (tertiary/aromatic N) is 2. The summed E-state index contributed by atoms with van der Waals surface area (Å²) in [6, 6.07) is 12.1. The molecule has 4 atom stereocenters. The van der Waals surface area contributed by atoms with Crippen molar-refractivity contribution in [3.8, 4) is 11.1 Å². The number of benzene rings is 2. The molecule has 2 fully saturated rings. The van der Waals surface area contributed by atoms with Crippen LogP contribution in [-0.2, 0) is 23.8 Å². The van der Waals surface area contributed by atoms with Crippen molar-refractivity contribution in [2.45, 2.75) is 95.7 Å². The van der Waals surface area contributed by atoms with Crippen LogP contribution in [0.1, 0.15) is 71.4 Å². The minimum Gasteiger partial charge on any atom is -0.480 e. The van der Waals surface area contributed by atoms with Gasteiger partial charge in [-0.05, 0) is 70.2 Å². The number of aliphatic carboxylic acids is 1. The highest BCUT2D eigenvalue weighted by Gasteiger charge is 2.48. The summed E-state index contributed by atoms with van der Waals surface area (Å²) in [5, 5.41) is 15.4. The Morgan fingerprint density at radius 3 is 1.67 bits per heavy atom. The van der Waals surface area contributed by atoms with Crippen molar-refractivity contribution in [2.24, 2.45) is 0 Å². The van der Waals surface area contributed by atoms with Crippen molar-refractivity contribution < 1.29 is 43.3 Å². The van der Waals surface area contributed by atoms with Crippen LogP contribution in [0.15, 0.2) is 48.5 Å². The van der Waals surface area contributed by atoms with E-state index in [0.717, 1.165) is 27.2 Å². The molecular formula is C35H44N4O9.